The maximum atomic E-state index is 13.5. The molecule has 0 heterocycles. The van der Waals surface area contributed by atoms with E-state index in [1.807, 2.05) is 6.07 Å². The molecule has 0 bridgehead atoms. The number of benzene rings is 2. The van der Waals surface area contributed by atoms with Crippen molar-refractivity contribution in [1.82, 2.24) is 0 Å². The van der Waals surface area contributed by atoms with E-state index in [0.717, 1.165) is 12.1 Å². The average molecular weight is 306 g/mol. The van der Waals surface area contributed by atoms with Gasteiger partial charge in [0.1, 0.15) is 5.82 Å². The molecule has 0 aromatic heterocycles. The molecule has 0 amide bonds. The van der Waals surface area contributed by atoms with E-state index in [2.05, 4.69) is 50.4 Å². The van der Waals surface area contributed by atoms with Gasteiger partial charge < -0.3 is 5.32 Å². The van der Waals surface area contributed by atoms with Crippen molar-refractivity contribution in [2.75, 3.05) is 5.32 Å². The summed E-state index contributed by atoms with van der Waals surface area (Å²) < 4.78 is 13.5. The first kappa shape index (κ1) is 15.8. The smallest absolute Gasteiger partial charge is 0.143 e. The Balaban J connectivity index is 2.04. The van der Waals surface area contributed by atoms with E-state index in [4.69, 9.17) is 11.6 Å². The van der Waals surface area contributed by atoms with E-state index in [-0.39, 0.29) is 16.5 Å². The quantitative estimate of drug-likeness (QED) is 0.753. The molecule has 0 spiro atoms. The van der Waals surface area contributed by atoms with Gasteiger partial charge >= 0.3 is 0 Å². The van der Waals surface area contributed by atoms with Crippen molar-refractivity contribution in [1.29, 1.82) is 0 Å². The predicted octanol–water partition coefficient (Wildman–Crippen LogP) is 5.65. The van der Waals surface area contributed by atoms with Crippen LogP contribution in [0.25, 0.3) is 0 Å². The second kappa shape index (κ2) is 6.48. The first-order valence-electron chi connectivity index (χ1n) is 7.15. The number of hydrogen-bond acceptors (Lipinski definition) is 1. The minimum atomic E-state index is -0.392. The summed E-state index contributed by atoms with van der Waals surface area (Å²) in [5.74, 6) is -0.392. The molecule has 21 heavy (non-hydrogen) atoms. The van der Waals surface area contributed by atoms with Gasteiger partial charge in [-0.3, -0.25) is 0 Å². The highest BCUT2D eigenvalue weighted by Crippen LogP contribution is 2.29. The van der Waals surface area contributed by atoms with E-state index in [9.17, 15) is 4.39 Å². The lowest BCUT2D eigenvalue weighted by atomic mass is 9.79. The summed E-state index contributed by atoms with van der Waals surface area (Å²) >= 11 is 5.70. The van der Waals surface area contributed by atoms with Gasteiger partial charge in [-0.15, -0.1) is 0 Å². The van der Waals surface area contributed by atoms with Crippen LogP contribution in [-0.2, 0) is 5.41 Å². The van der Waals surface area contributed by atoms with Crippen molar-refractivity contribution in [3.8, 4) is 0 Å². The second-order valence-electron chi connectivity index (χ2n) is 6.13. The van der Waals surface area contributed by atoms with Crippen LogP contribution in [0, 0.1) is 5.82 Å². The van der Waals surface area contributed by atoms with Crippen LogP contribution < -0.4 is 5.32 Å². The molecule has 112 valence electrons. The van der Waals surface area contributed by atoms with Gasteiger partial charge in [0.15, 0.2) is 0 Å². The van der Waals surface area contributed by atoms with E-state index in [1.165, 1.54) is 11.6 Å². The molecule has 2 aromatic carbocycles. The standard InChI is InChI=1S/C18H21ClFN/c1-13(21-15-9-10-16(19)17(20)11-15)12-18(2,3)14-7-5-4-6-8-14/h4-11,13,21H,12H2,1-3H3. The predicted molar refractivity (Wildman–Crippen MR) is 88.6 cm³/mol. The Kier molecular flexibility index (Phi) is 4.89. The van der Waals surface area contributed by atoms with Gasteiger partial charge in [0, 0.05) is 11.7 Å². The summed E-state index contributed by atoms with van der Waals surface area (Å²) in [7, 11) is 0. The Bertz CT molecular complexity index is 595. The highest BCUT2D eigenvalue weighted by molar-refractivity contribution is 6.30. The Labute approximate surface area is 131 Å². The molecule has 0 radical (unpaired) electrons. The number of anilines is 1. The van der Waals surface area contributed by atoms with Crippen molar-refractivity contribution in [2.45, 2.75) is 38.6 Å². The van der Waals surface area contributed by atoms with E-state index < -0.39 is 5.82 Å². The third kappa shape index (κ3) is 4.21. The molecule has 1 nitrogen and oxygen atoms in total. The molecule has 0 saturated heterocycles. The van der Waals surface area contributed by atoms with Crippen molar-refractivity contribution < 1.29 is 4.39 Å². The highest BCUT2D eigenvalue weighted by Gasteiger charge is 2.23. The minimum absolute atomic E-state index is 0.0542. The molecule has 1 atom stereocenters. The zero-order valence-electron chi connectivity index (χ0n) is 12.7. The van der Waals surface area contributed by atoms with Gasteiger partial charge in [0.2, 0.25) is 0 Å². The summed E-state index contributed by atoms with van der Waals surface area (Å²) in [4.78, 5) is 0. The van der Waals surface area contributed by atoms with E-state index in [0.29, 0.717) is 0 Å². The first-order chi connectivity index (χ1) is 9.88. The summed E-state index contributed by atoms with van der Waals surface area (Å²) in [5.41, 5.74) is 2.12. The lowest BCUT2D eigenvalue weighted by Gasteiger charge is -2.29. The van der Waals surface area contributed by atoms with Crippen molar-refractivity contribution in [2.24, 2.45) is 0 Å². The molecule has 1 unspecified atom stereocenters. The van der Waals surface area contributed by atoms with Crippen LogP contribution in [0.2, 0.25) is 5.02 Å². The molecule has 2 rings (SSSR count). The third-order valence-electron chi connectivity index (χ3n) is 3.70. The Morgan fingerprint density at radius 2 is 1.81 bits per heavy atom. The maximum Gasteiger partial charge on any atom is 0.143 e. The fraction of sp³-hybridized carbons (Fsp3) is 0.333. The Morgan fingerprint density at radius 3 is 2.43 bits per heavy atom. The molecule has 0 aliphatic carbocycles. The van der Waals surface area contributed by atoms with Crippen LogP contribution in [0.4, 0.5) is 10.1 Å². The molecule has 0 fully saturated rings. The normalized spacial score (nSPS) is 13.0. The zero-order chi connectivity index (χ0) is 15.5. The van der Waals surface area contributed by atoms with Crippen LogP contribution in [-0.4, -0.2) is 6.04 Å². The fourth-order valence-corrected chi connectivity index (χ4v) is 2.81. The summed E-state index contributed by atoms with van der Waals surface area (Å²) in [6.45, 7) is 6.56. The average Bonchev–Trinajstić information content (AvgIpc) is 2.43. The molecular weight excluding hydrogens is 285 g/mol. The molecule has 1 N–H and O–H groups in total. The van der Waals surface area contributed by atoms with Crippen molar-refractivity contribution in [3.05, 3.63) is 64.9 Å². The number of nitrogens with one attached hydrogen (secondary N) is 1. The zero-order valence-corrected chi connectivity index (χ0v) is 13.4. The van der Waals surface area contributed by atoms with Crippen LogP contribution in [0.3, 0.4) is 0 Å². The molecule has 0 aliphatic heterocycles. The monoisotopic (exact) mass is 305 g/mol. The Morgan fingerprint density at radius 1 is 1.14 bits per heavy atom. The first-order valence-corrected chi connectivity index (χ1v) is 7.53. The topological polar surface area (TPSA) is 12.0 Å². The van der Waals surface area contributed by atoms with Gasteiger partial charge in [-0.25, -0.2) is 4.39 Å². The number of hydrogen-bond donors (Lipinski definition) is 1. The van der Waals surface area contributed by atoms with Crippen molar-refractivity contribution in [3.63, 3.8) is 0 Å². The van der Waals surface area contributed by atoms with Crippen LogP contribution in [0.5, 0.6) is 0 Å². The third-order valence-corrected chi connectivity index (χ3v) is 4.01. The lowest BCUT2D eigenvalue weighted by Crippen LogP contribution is -2.27. The van der Waals surface area contributed by atoms with Gasteiger partial charge in [-0.2, -0.15) is 0 Å². The molecule has 3 heteroatoms. The van der Waals surface area contributed by atoms with Crippen LogP contribution in [0.1, 0.15) is 32.8 Å². The largest absolute Gasteiger partial charge is 0.382 e. The van der Waals surface area contributed by atoms with Crippen molar-refractivity contribution >= 4 is 17.3 Å². The van der Waals surface area contributed by atoms with Crippen LogP contribution in [0.15, 0.2) is 48.5 Å². The SMILES string of the molecule is CC(CC(C)(C)c1ccccc1)Nc1ccc(Cl)c(F)c1. The molecule has 2 aromatic rings. The number of rotatable bonds is 5. The summed E-state index contributed by atoms with van der Waals surface area (Å²) in [5, 5.41) is 3.49. The highest BCUT2D eigenvalue weighted by atomic mass is 35.5. The van der Waals surface area contributed by atoms with E-state index >= 15 is 0 Å². The number of halogens is 2. The molecule has 0 aliphatic rings. The fourth-order valence-electron chi connectivity index (χ4n) is 2.69. The second-order valence-corrected chi connectivity index (χ2v) is 6.54. The van der Waals surface area contributed by atoms with Gasteiger partial charge in [0.05, 0.1) is 5.02 Å². The molecule has 0 saturated carbocycles. The van der Waals surface area contributed by atoms with Gasteiger partial charge in [0.25, 0.3) is 0 Å². The van der Waals surface area contributed by atoms with Gasteiger partial charge in [-0.05, 0) is 42.5 Å². The maximum absolute atomic E-state index is 13.5. The lowest BCUT2D eigenvalue weighted by molar-refractivity contribution is 0.450. The Hall–Kier alpha value is -1.54. The van der Waals surface area contributed by atoms with Gasteiger partial charge in [-0.1, -0.05) is 55.8 Å². The minimum Gasteiger partial charge on any atom is -0.382 e. The van der Waals surface area contributed by atoms with E-state index in [1.54, 1.807) is 12.1 Å². The summed E-state index contributed by atoms with van der Waals surface area (Å²) in [6, 6.07) is 15.5. The van der Waals surface area contributed by atoms with Crippen LogP contribution >= 0.6 is 11.6 Å². The summed E-state index contributed by atoms with van der Waals surface area (Å²) in [6.07, 6.45) is 0.946. The molecular formula is C18H21ClFN.